The fraction of sp³-hybridized carbons (Fsp3) is 0.462. The van der Waals surface area contributed by atoms with Crippen molar-refractivity contribution in [1.29, 1.82) is 0 Å². The van der Waals surface area contributed by atoms with Crippen LogP contribution in [0.5, 0.6) is 0 Å². The number of rotatable bonds is 2. The van der Waals surface area contributed by atoms with Gasteiger partial charge in [-0.05, 0) is 44.0 Å². The highest BCUT2D eigenvalue weighted by Crippen LogP contribution is 2.31. The third-order valence-electron chi connectivity index (χ3n) is 3.08. The van der Waals surface area contributed by atoms with Crippen molar-refractivity contribution in [2.75, 3.05) is 11.1 Å². The van der Waals surface area contributed by atoms with Crippen molar-refractivity contribution in [3.63, 3.8) is 0 Å². The van der Waals surface area contributed by atoms with E-state index in [-0.39, 0.29) is 11.4 Å². The smallest absolute Gasteiger partial charge is 0.161 e. The van der Waals surface area contributed by atoms with Crippen LogP contribution in [0.2, 0.25) is 0 Å². The molecule has 0 aromatic heterocycles. The molecule has 4 heteroatoms. The first-order valence-electron chi connectivity index (χ1n) is 5.78. The van der Waals surface area contributed by atoms with Crippen LogP contribution in [0.15, 0.2) is 23.2 Å². The Morgan fingerprint density at radius 3 is 2.88 bits per heavy atom. The molecular weight excluding hydrogens is 235 g/mol. The Kier molecular flexibility index (Phi) is 3.43. The second-order valence-electron chi connectivity index (χ2n) is 4.64. The lowest BCUT2D eigenvalue weighted by atomic mass is 10.0. The molecule has 2 rings (SSSR count). The Morgan fingerprint density at radius 2 is 2.29 bits per heavy atom. The zero-order valence-corrected chi connectivity index (χ0v) is 11.2. The van der Waals surface area contributed by atoms with Crippen molar-refractivity contribution in [2.24, 2.45) is 4.99 Å². The highest BCUT2D eigenvalue weighted by Gasteiger charge is 2.28. The lowest BCUT2D eigenvalue weighted by Gasteiger charge is -2.15. The largest absolute Gasteiger partial charge is 0.335 e. The predicted molar refractivity (Wildman–Crippen MR) is 73.3 cm³/mol. The van der Waals surface area contributed by atoms with Crippen LogP contribution in [0.1, 0.15) is 25.8 Å². The average molecular weight is 252 g/mol. The summed E-state index contributed by atoms with van der Waals surface area (Å²) < 4.78 is 13.0. The van der Waals surface area contributed by atoms with Gasteiger partial charge in [0, 0.05) is 11.4 Å². The molecule has 1 N–H and O–H groups in total. The van der Waals surface area contributed by atoms with E-state index in [9.17, 15) is 4.39 Å². The van der Waals surface area contributed by atoms with Crippen molar-refractivity contribution in [3.05, 3.63) is 29.6 Å². The van der Waals surface area contributed by atoms with E-state index < -0.39 is 0 Å². The number of benzene rings is 1. The number of hydrogen-bond donors (Lipinski definition) is 1. The molecule has 92 valence electrons. The molecule has 0 radical (unpaired) electrons. The highest BCUT2D eigenvalue weighted by molar-refractivity contribution is 8.14. The third-order valence-corrected chi connectivity index (χ3v) is 4.32. The maximum Gasteiger partial charge on any atom is 0.161 e. The highest BCUT2D eigenvalue weighted by atomic mass is 32.2. The standard InChI is InChI=1S/C13H17FN2S/c1-4-13(3)8-17-12(16-13)15-11-6-5-10(14)7-9(11)2/h5-7H,4,8H2,1-3H3,(H,15,16). The van der Waals surface area contributed by atoms with Crippen LogP contribution in [0, 0.1) is 12.7 Å². The number of nitrogens with one attached hydrogen (secondary N) is 1. The van der Waals surface area contributed by atoms with Crippen LogP contribution in [0.25, 0.3) is 0 Å². The number of anilines is 1. The van der Waals surface area contributed by atoms with E-state index in [1.807, 2.05) is 6.92 Å². The Hall–Kier alpha value is -1.03. The summed E-state index contributed by atoms with van der Waals surface area (Å²) in [5.74, 6) is 0.805. The first-order chi connectivity index (χ1) is 8.02. The first kappa shape index (κ1) is 12.4. The molecule has 0 fully saturated rings. The summed E-state index contributed by atoms with van der Waals surface area (Å²) in [5.41, 5.74) is 1.87. The summed E-state index contributed by atoms with van der Waals surface area (Å²) in [6.07, 6.45) is 1.04. The van der Waals surface area contributed by atoms with E-state index in [0.29, 0.717) is 0 Å². The van der Waals surface area contributed by atoms with E-state index in [1.165, 1.54) is 12.1 Å². The van der Waals surface area contributed by atoms with Crippen molar-refractivity contribution < 1.29 is 4.39 Å². The van der Waals surface area contributed by atoms with Crippen LogP contribution in [0.3, 0.4) is 0 Å². The molecule has 17 heavy (non-hydrogen) atoms. The Morgan fingerprint density at radius 1 is 1.53 bits per heavy atom. The fourth-order valence-corrected chi connectivity index (χ4v) is 2.84. The second kappa shape index (κ2) is 4.69. The predicted octanol–water partition coefficient (Wildman–Crippen LogP) is 3.82. The third kappa shape index (κ3) is 2.80. The minimum absolute atomic E-state index is 0.0426. The SMILES string of the molecule is CCC1(C)CSC(Nc2ccc(F)cc2C)=N1. The number of nitrogens with zero attached hydrogens (tertiary/aromatic N) is 1. The molecule has 1 aromatic carbocycles. The molecular formula is C13H17FN2S. The molecule has 0 spiro atoms. The summed E-state index contributed by atoms with van der Waals surface area (Å²) in [6.45, 7) is 6.20. The van der Waals surface area contributed by atoms with Crippen LogP contribution in [-0.4, -0.2) is 16.5 Å². The van der Waals surface area contributed by atoms with Gasteiger partial charge in [0.1, 0.15) is 5.82 Å². The van der Waals surface area contributed by atoms with E-state index >= 15 is 0 Å². The number of hydrogen-bond acceptors (Lipinski definition) is 3. The zero-order chi connectivity index (χ0) is 12.5. The lowest BCUT2D eigenvalue weighted by Crippen LogP contribution is -2.20. The summed E-state index contributed by atoms with van der Waals surface area (Å²) in [5, 5.41) is 4.21. The molecule has 0 saturated carbocycles. The summed E-state index contributed by atoms with van der Waals surface area (Å²) in [4.78, 5) is 4.67. The number of aliphatic imine (C=N–C) groups is 1. The zero-order valence-electron chi connectivity index (χ0n) is 10.4. The molecule has 1 heterocycles. The van der Waals surface area contributed by atoms with Gasteiger partial charge in [-0.1, -0.05) is 18.7 Å². The van der Waals surface area contributed by atoms with E-state index in [0.717, 1.165) is 28.6 Å². The van der Waals surface area contributed by atoms with Crippen LogP contribution >= 0.6 is 11.8 Å². The Labute approximate surface area is 106 Å². The van der Waals surface area contributed by atoms with Crippen molar-refractivity contribution in [1.82, 2.24) is 0 Å². The van der Waals surface area contributed by atoms with Gasteiger partial charge in [-0.15, -0.1) is 0 Å². The average Bonchev–Trinajstić information content (AvgIpc) is 2.66. The number of thioether (sulfide) groups is 1. The number of halogens is 1. The maximum absolute atomic E-state index is 13.0. The molecule has 0 aliphatic carbocycles. The van der Waals surface area contributed by atoms with Gasteiger partial charge < -0.3 is 5.32 Å². The number of aryl methyl sites for hydroxylation is 1. The summed E-state index contributed by atoms with van der Waals surface area (Å²) >= 11 is 1.73. The van der Waals surface area contributed by atoms with Crippen LogP contribution < -0.4 is 5.32 Å². The fourth-order valence-electron chi connectivity index (χ4n) is 1.66. The molecule has 0 bridgehead atoms. The van der Waals surface area contributed by atoms with Gasteiger partial charge in [0.2, 0.25) is 0 Å². The van der Waals surface area contributed by atoms with Gasteiger partial charge in [0.05, 0.1) is 5.54 Å². The molecule has 2 nitrogen and oxygen atoms in total. The Balaban J connectivity index is 2.15. The van der Waals surface area contributed by atoms with Crippen molar-refractivity contribution >= 4 is 22.6 Å². The van der Waals surface area contributed by atoms with Gasteiger partial charge in [0.15, 0.2) is 5.17 Å². The quantitative estimate of drug-likeness (QED) is 0.865. The summed E-state index contributed by atoms with van der Waals surface area (Å²) in [6, 6.07) is 4.76. The monoisotopic (exact) mass is 252 g/mol. The van der Waals surface area contributed by atoms with Crippen LogP contribution in [0.4, 0.5) is 10.1 Å². The Bertz CT molecular complexity index is 459. The summed E-state index contributed by atoms with van der Waals surface area (Å²) in [7, 11) is 0. The molecule has 0 saturated heterocycles. The normalized spacial score (nSPS) is 23.6. The van der Waals surface area contributed by atoms with E-state index in [1.54, 1.807) is 17.8 Å². The first-order valence-corrected chi connectivity index (χ1v) is 6.77. The van der Waals surface area contributed by atoms with Gasteiger partial charge in [0.25, 0.3) is 0 Å². The molecule has 1 aromatic rings. The van der Waals surface area contributed by atoms with Gasteiger partial charge in [-0.2, -0.15) is 0 Å². The molecule has 0 amide bonds. The minimum atomic E-state index is -0.201. The molecule has 1 aliphatic rings. The van der Waals surface area contributed by atoms with E-state index in [2.05, 4.69) is 24.2 Å². The molecule has 1 unspecified atom stereocenters. The topological polar surface area (TPSA) is 24.4 Å². The molecule has 1 aliphatic heterocycles. The van der Waals surface area contributed by atoms with Crippen LogP contribution in [-0.2, 0) is 0 Å². The van der Waals surface area contributed by atoms with Crippen molar-refractivity contribution in [2.45, 2.75) is 32.7 Å². The van der Waals surface area contributed by atoms with E-state index in [4.69, 9.17) is 0 Å². The van der Waals surface area contributed by atoms with Crippen molar-refractivity contribution in [3.8, 4) is 0 Å². The maximum atomic E-state index is 13.0. The lowest BCUT2D eigenvalue weighted by molar-refractivity contribution is 0.523. The van der Waals surface area contributed by atoms with Gasteiger partial charge >= 0.3 is 0 Å². The molecule has 1 atom stereocenters. The number of amidine groups is 1. The second-order valence-corrected chi connectivity index (χ2v) is 5.60. The van der Waals surface area contributed by atoms with Gasteiger partial charge in [-0.25, -0.2) is 4.39 Å². The minimum Gasteiger partial charge on any atom is -0.335 e. The van der Waals surface area contributed by atoms with Gasteiger partial charge in [-0.3, -0.25) is 4.99 Å².